The molecule has 5 aliphatic rings. The van der Waals surface area contributed by atoms with Gasteiger partial charge in [0, 0.05) is 19.0 Å². The molecule has 1 N–H and O–H groups in total. The van der Waals surface area contributed by atoms with Gasteiger partial charge in [-0.15, -0.1) is 0 Å². The highest BCUT2D eigenvalue weighted by Crippen LogP contribution is 2.60. The number of benzene rings is 3. The van der Waals surface area contributed by atoms with Crippen LogP contribution in [-0.4, -0.2) is 57.1 Å². The van der Waals surface area contributed by atoms with E-state index in [4.69, 9.17) is 4.74 Å². The number of anilines is 1. The van der Waals surface area contributed by atoms with E-state index in [2.05, 4.69) is 17.4 Å². The van der Waals surface area contributed by atoms with Gasteiger partial charge in [0.15, 0.2) is 0 Å². The molecule has 8 nitrogen and oxygen atoms in total. The van der Waals surface area contributed by atoms with E-state index < -0.39 is 28.5 Å². The zero-order valence-corrected chi connectivity index (χ0v) is 30.2. The molecule has 0 aromatic heterocycles. The summed E-state index contributed by atoms with van der Waals surface area (Å²) in [6, 6.07) is 24.3. The molecule has 0 unspecified atom stereocenters. The summed E-state index contributed by atoms with van der Waals surface area (Å²) < 4.78 is 33.5. The van der Waals surface area contributed by atoms with E-state index >= 15 is 0 Å². The predicted octanol–water partition coefficient (Wildman–Crippen LogP) is 6.63. The molecule has 5 aliphatic carbocycles. The fourth-order valence-corrected chi connectivity index (χ4v) is 10.8. The van der Waals surface area contributed by atoms with Crippen molar-refractivity contribution >= 4 is 27.5 Å². The largest absolute Gasteiger partial charge is 0.497 e. The lowest BCUT2D eigenvalue weighted by molar-refractivity contribution is -0.140. The average molecular weight is 698 g/mol. The molecule has 0 saturated heterocycles. The molecule has 0 heterocycles. The minimum absolute atomic E-state index is 0.0644. The van der Waals surface area contributed by atoms with Crippen molar-refractivity contribution in [2.75, 3.05) is 24.2 Å². The van der Waals surface area contributed by atoms with Crippen molar-refractivity contribution in [2.45, 2.75) is 94.7 Å². The zero-order chi connectivity index (χ0) is 34.9. The molecule has 2 amide bonds. The Balaban J connectivity index is 1.19. The second-order valence-corrected chi connectivity index (χ2v) is 17.5. The lowest BCUT2D eigenvalue weighted by atomic mass is 9.48. The van der Waals surface area contributed by atoms with Crippen LogP contribution in [0.4, 0.5) is 5.69 Å². The molecule has 3 aromatic carbocycles. The Morgan fingerprint density at radius 1 is 0.860 bits per heavy atom. The second-order valence-electron chi connectivity index (χ2n) is 15.6. The van der Waals surface area contributed by atoms with Gasteiger partial charge in [0.05, 0.1) is 19.1 Å². The van der Waals surface area contributed by atoms with Crippen LogP contribution >= 0.6 is 0 Å². The smallest absolute Gasteiger partial charge is 0.244 e. The lowest BCUT2D eigenvalue weighted by Crippen LogP contribution is -2.54. The summed E-state index contributed by atoms with van der Waals surface area (Å²) in [5.74, 6) is 2.39. The van der Waals surface area contributed by atoms with E-state index in [1.165, 1.54) is 48.4 Å². The molecule has 50 heavy (non-hydrogen) atoms. The van der Waals surface area contributed by atoms with Crippen LogP contribution in [0.3, 0.4) is 0 Å². The number of amides is 2. The summed E-state index contributed by atoms with van der Waals surface area (Å²) in [7, 11) is -2.26. The Kier molecular flexibility index (Phi) is 9.97. The van der Waals surface area contributed by atoms with E-state index in [9.17, 15) is 18.0 Å². The van der Waals surface area contributed by atoms with Crippen LogP contribution < -0.4 is 14.4 Å². The van der Waals surface area contributed by atoms with Crippen LogP contribution in [0, 0.1) is 17.8 Å². The quantitative estimate of drug-likeness (QED) is 0.217. The van der Waals surface area contributed by atoms with E-state index in [1.54, 1.807) is 12.0 Å². The maximum absolute atomic E-state index is 14.6. The van der Waals surface area contributed by atoms with Gasteiger partial charge in [0.25, 0.3) is 0 Å². The number of ether oxygens (including phenoxy) is 1. The molecular formula is C41H51N3O5S. The number of carbonyl (C=O) groups excluding carboxylic acids is 2. The third kappa shape index (κ3) is 7.58. The second kappa shape index (κ2) is 14.4. The first kappa shape index (κ1) is 34.6. The number of carbonyl (C=O) groups is 2. The van der Waals surface area contributed by atoms with Crippen molar-refractivity contribution in [1.29, 1.82) is 0 Å². The maximum Gasteiger partial charge on any atom is 0.244 e. The Morgan fingerprint density at radius 2 is 1.48 bits per heavy atom. The SMILES string of the molecule is COc1cccc(CN(C(=O)CN(c2ccc(C34CC5CC(CC(C5)C3)C4)cc2)S(C)(=O)=O)[C@H](Cc2ccccc2)C(=O)NC2CCCC2)c1. The van der Waals surface area contributed by atoms with Gasteiger partial charge < -0.3 is 15.0 Å². The van der Waals surface area contributed by atoms with Crippen molar-refractivity contribution in [2.24, 2.45) is 17.8 Å². The molecule has 0 spiro atoms. The van der Waals surface area contributed by atoms with E-state index in [1.807, 2.05) is 66.7 Å². The number of nitrogens with zero attached hydrogens (tertiary/aromatic N) is 2. The summed E-state index contributed by atoms with van der Waals surface area (Å²) in [6.45, 7) is -0.296. The minimum atomic E-state index is -3.85. The highest BCUT2D eigenvalue weighted by Gasteiger charge is 2.51. The molecule has 0 radical (unpaired) electrons. The van der Waals surface area contributed by atoms with E-state index in [0.717, 1.165) is 60.8 Å². The van der Waals surface area contributed by atoms with E-state index in [0.29, 0.717) is 17.9 Å². The average Bonchev–Trinajstić information content (AvgIpc) is 3.61. The van der Waals surface area contributed by atoms with Gasteiger partial charge in [0.2, 0.25) is 21.8 Å². The van der Waals surface area contributed by atoms with Gasteiger partial charge in [-0.1, -0.05) is 67.4 Å². The highest BCUT2D eigenvalue weighted by atomic mass is 32.2. The van der Waals surface area contributed by atoms with Gasteiger partial charge in [-0.25, -0.2) is 8.42 Å². The van der Waals surface area contributed by atoms with Gasteiger partial charge in [0.1, 0.15) is 18.3 Å². The summed E-state index contributed by atoms with van der Waals surface area (Å²) in [5, 5.41) is 3.23. The van der Waals surface area contributed by atoms with Crippen LogP contribution in [0.15, 0.2) is 78.9 Å². The zero-order valence-electron chi connectivity index (χ0n) is 29.4. The maximum atomic E-state index is 14.6. The first-order valence-corrected chi connectivity index (χ1v) is 20.3. The molecule has 1 atom stereocenters. The minimum Gasteiger partial charge on any atom is -0.497 e. The van der Waals surface area contributed by atoms with Crippen LogP contribution in [-0.2, 0) is 38.0 Å². The Hall–Kier alpha value is -3.85. The first-order chi connectivity index (χ1) is 24.1. The molecular weight excluding hydrogens is 647 g/mol. The topological polar surface area (TPSA) is 96.0 Å². The summed E-state index contributed by atoms with van der Waals surface area (Å²) in [4.78, 5) is 30.3. The number of hydrogen-bond donors (Lipinski definition) is 1. The highest BCUT2D eigenvalue weighted by molar-refractivity contribution is 7.92. The molecule has 5 fully saturated rings. The molecule has 3 aromatic rings. The van der Waals surface area contributed by atoms with Crippen molar-refractivity contribution < 1.29 is 22.7 Å². The van der Waals surface area contributed by atoms with Gasteiger partial charge >= 0.3 is 0 Å². The number of methoxy groups -OCH3 is 1. The number of rotatable bonds is 13. The number of nitrogens with one attached hydrogen (secondary N) is 1. The fraction of sp³-hybridized carbons (Fsp3) is 0.512. The number of sulfonamides is 1. The Morgan fingerprint density at radius 3 is 2.08 bits per heavy atom. The summed E-state index contributed by atoms with van der Waals surface area (Å²) in [5.41, 5.74) is 3.65. The molecule has 0 aliphatic heterocycles. The molecule has 5 saturated carbocycles. The third-order valence-corrected chi connectivity index (χ3v) is 13.1. The standard InChI is InChI=1S/C41H51N3O5S/c1-49-37-14-8-11-30(22-37)27-43(38(23-29-9-4-3-5-10-29)40(46)42-35-12-6-7-13-35)39(45)28-44(50(2,47)48)36-17-15-34(16-18-36)41-24-31-19-32(25-41)21-33(20-31)26-41/h3-5,8-11,14-18,22,31-33,35,38H,6-7,12-13,19-21,23-28H2,1-2H3,(H,42,46)/t31?,32?,33?,38-,41?/m1/s1. The van der Waals surface area contributed by atoms with E-state index in [-0.39, 0.29) is 23.9 Å². The van der Waals surface area contributed by atoms with Crippen LogP contribution in [0.2, 0.25) is 0 Å². The van der Waals surface area contributed by atoms with Crippen molar-refractivity contribution in [3.8, 4) is 5.75 Å². The molecule has 266 valence electrons. The van der Waals surface area contributed by atoms with Crippen LogP contribution in [0.5, 0.6) is 5.75 Å². The monoisotopic (exact) mass is 697 g/mol. The van der Waals surface area contributed by atoms with Gasteiger partial charge in [-0.3, -0.25) is 13.9 Å². The molecule has 4 bridgehead atoms. The summed E-state index contributed by atoms with van der Waals surface area (Å²) in [6.07, 6.45) is 13.1. The number of hydrogen-bond acceptors (Lipinski definition) is 5. The van der Waals surface area contributed by atoms with Crippen molar-refractivity contribution in [3.63, 3.8) is 0 Å². The molecule has 8 rings (SSSR count). The third-order valence-electron chi connectivity index (χ3n) is 11.9. The lowest BCUT2D eigenvalue weighted by Gasteiger charge is -2.57. The Labute approximate surface area is 297 Å². The van der Waals surface area contributed by atoms with Crippen LogP contribution in [0.25, 0.3) is 0 Å². The summed E-state index contributed by atoms with van der Waals surface area (Å²) >= 11 is 0. The van der Waals surface area contributed by atoms with Crippen molar-refractivity contribution in [3.05, 3.63) is 95.6 Å². The van der Waals surface area contributed by atoms with Crippen LogP contribution in [0.1, 0.15) is 80.9 Å². The fourth-order valence-electron chi connectivity index (χ4n) is 9.95. The predicted molar refractivity (Wildman–Crippen MR) is 196 cm³/mol. The van der Waals surface area contributed by atoms with Crippen molar-refractivity contribution in [1.82, 2.24) is 10.2 Å². The first-order valence-electron chi connectivity index (χ1n) is 18.4. The van der Waals surface area contributed by atoms with Gasteiger partial charge in [-0.05, 0) is 115 Å². The van der Waals surface area contributed by atoms with Gasteiger partial charge in [-0.2, -0.15) is 0 Å². The normalized spacial score (nSPS) is 24.9. The molecule has 9 heteroatoms. The Bertz CT molecular complexity index is 1740.